The lowest BCUT2D eigenvalue weighted by atomic mass is 10.2. The standard InChI is InChI=1S/C22H19Cl2FN2O4S/c1-31-21-8-3-2-7-20(21)26-22(28)14-27(13-17-18(24)5-4-6-19(17)25)32(29,30)16-11-9-15(23)10-12-16/h2-12H,13-14H2,1H3,(H,26,28). The molecule has 0 unspecified atom stereocenters. The zero-order valence-corrected chi connectivity index (χ0v) is 19.2. The fourth-order valence-electron chi connectivity index (χ4n) is 2.94. The lowest BCUT2D eigenvalue weighted by Crippen LogP contribution is -2.38. The molecule has 1 N–H and O–H groups in total. The summed E-state index contributed by atoms with van der Waals surface area (Å²) in [6.45, 7) is -1.04. The van der Waals surface area contributed by atoms with Gasteiger partial charge in [-0.05, 0) is 48.5 Å². The van der Waals surface area contributed by atoms with E-state index >= 15 is 0 Å². The summed E-state index contributed by atoms with van der Waals surface area (Å²) in [5.74, 6) is -0.913. The van der Waals surface area contributed by atoms with Gasteiger partial charge >= 0.3 is 0 Å². The quantitative estimate of drug-likeness (QED) is 0.477. The number of hydrogen-bond donors (Lipinski definition) is 1. The molecule has 3 aromatic carbocycles. The second-order valence-electron chi connectivity index (χ2n) is 6.68. The highest BCUT2D eigenvalue weighted by Gasteiger charge is 2.29. The van der Waals surface area contributed by atoms with Crippen LogP contribution in [-0.2, 0) is 21.4 Å². The van der Waals surface area contributed by atoms with Crippen LogP contribution < -0.4 is 10.1 Å². The van der Waals surface area contributed by atoms with Crippen LogP contribution >= 0.6 is 23.2 Å². The molecule has 0 fully saturated rings. The molecule has 0 bridgehead atoms. The maximum absolute atomic E-state index is 14.4. The molecular formula is C22H19Cl2FN2O4S. The summed E-state index contributed by atoms with van der Waals surface area (Å²) in [6.07, 6.45) is 0. The van der Waals surface area contributed by atoms with E-state index in [1.165, 1.54) is 49.6 Å². The SMILES string of the molecule is COc1ccccc1NC(=O)CN(Cc1c(F)cccc1Cl)S(=O)(=O)c1ccc(Cl)cc1. The molecule has 32 heavy (non-hydrogen) atoms. The van der Waals surface area contributed by atoms with Gasteiger partial charge in [-0.15, -0.1) is 0 Å². The highest BCUT2D eigenvalue weighted by atomic mass is 35.5. The van der Waals surface area contributed by atoms with E-state index in [2.05, 4.69) is 5.32 Å². The molecule has 0 atom stereocenters. The van der Waals surface area contributed by atoms with E-state index in [0.29, 0.717) is 16.5 Å². The second-order valence-corrected chi connectivity index (χ2v) is 9.46. The van der Waals surface area contributed by atoms with Gasteiger partial charge in [0.05, 0.1) is 24.2 Å². The molecule has 0 heterocycles. The number of benzene rings is 3. The summed E-state index contributed by atoms with van der Waals surface area (Å²) >= 11 is 12.0. The van der Waals surface area contributed by atoms with Gasteiger partial charge in [-0.3, -0.25) is 4.79 Å². The van der Waals surface area contributed by atoms with Gasteiger partial charge in [-0.2, -0.15) is 4.31 Å². The van der Waals surface area contributed by atoms with E-state index in [9.17, 15) is 17.6 Å². The van der Waals surface area contributed by atoms with Crippen LogP contribution in [0.25, 0.3) is 0 Å². The molecule has 0 aliphatic rings. The minimum Gasteiger partial charge on any atom is -0.495 e. The summed E-state index contributed by atoms with van der Waals surface area (Å²) in [6, 6.07) is 16.2. The Kier molecular flexibility index (Phi) is 7.73. The van der Waals surface area contributed by atoms with Crippen molar-refractivity contribution in [2.45, 2.75) is 11.4 Å². The third-order valence-electron chi connectivity index (χ3n) is 4.55. The van der Waals surface area contributed by atoms with E-state index in [1.807, 2.05) is 0 Å². The molecule has 3 rings (SSSR count). The average molecular weight is 497 g/mol. The van der Waals surface area contributed by atoms with Gasteiger partial charge < -0.3 is 10.1 Å². The third kappa shape index (κ3) is 5.58. The third-order valence-corrected chi connectivity index (χ3v) is 6.96. The molecule has 3 aromatic rings. The Bertz CT molecular complexity index is 1200. The largest absolute Gasteiger partial charge is 0.495 e. The molecule has 0 radical (unpaired) electrons. The Balaban J connectivity index is 1.94. The lowest BCUT2D eigenvalue weighted by molar-refractivity contribution is -0.116. The molecule has 10 heteroatoms. The summed E-state index contributed by atoms with van der Waals surface area (Å²) in [4.78, 5) is 12.7. The van der Waals surface area contributed by atoms with Crippen molar-refractivity contribution in [1.82, 2.24) is 4.31 Å². The number of methoxy groups -OCH3 is 1. The summed E-state index contributed by atoms with van der Waals surface area (Å²) in [7, 11) is -2.75. The fourth-order valence-corrected chi connectivity index (χ4v) is 4.65. The molecule has 0 saturated heterocycles. The number of nitrogens with one attached hydrogen (secondary N) is 1. The van der Waals surface area contributed by atoms with Crippen molar-refractivity contribution < 1.29 is 22.3 Å². The number of hydrogen-bond acceptors (Lipinski definition) is 4. The predicted octanol–water partition coefficient (Wildman–Crippen LogP) is 4.97. The van der Waals surface area contributed by atoms with Crippen LogP contribution in [-0.4, -0.2) is 32.3 Å². The molecule has 0 spiro atoms. The van der Waals surface area contributed by atoms with E-state index in [-0.39, 0.29) is 15.5 Å². The van der Waals surface area contributed by atoms with Gasteiger partial charge in [0.15, 0.2) is 0 Å². The van der Waals surface area contributed by atoms with Gasteiger partial charge in [0.1, 0.15) is 11.6 Å². The minimum atomic E-state index is -4.20. The number of ether oxygens (including phenoxy) is 1. The van der Waals surface area contributed by atoms with Crippen LogP contribution in [0, 0.1) is 5.82 Å². The Hall–Kier alpha value is -2.65. The molecular weight excluding hydrogens is 478 g/mol. The molecule has 0 aromatic heterocycles. The second kappa shape index (κ2) is 10.3. The van der Waals surface area contributed by atoms with Gasteiger partial charge in [0.2, 0.25) is 15.9 Å². The van der Waals surface area contributed by atoms with Crippen molar-refractivity contribution in [2.75, 3.05) is 19.0 Å². The van der Waals surface area contributed by atoms with E-state index < -0.39 is 34.8 Å². The first-order chi connectivity index (χ1) is 15.2. The molecule has 0 saturated carbocycles. The van der Waals surface area contributed by atoms with Crippen LogP contribution in [0.15, 0.2) is 71.6 Å². The van der Waals surface area contributed by atoms with E-state index in [4.69, 9.17) is 27.9 Å². The van der Waals surface area contributed by atoms with Crippen molar-refractivity contribution in [3.05, 3.63) is 88.2 Å². The number of carbonyl (C=O) groups excluding carboxylic acids is 1. The topological polar surface area (TPSA) is 75.7 Å². The van der Waals surface area contributed by atoms with Gasteiger partial charge in [-0.1, -0.05) is 41.4 Å². The smallest absolute Gasteiger partial charge is 0.243 e. The molecule has 1 amide bonds. The molecule has 6 nitrogen and oxygen atoms in total. The van der Waals surface area contributed by atoms with Crippen LogP contribution in [0.4, 0.5) is 10.1 Å². The Morgan fingerprint density at radius 2 is 1.72 bits per heavy atom. The molecule has 0 aliphatic heterocycles. The Morgan fingerprint density at radius 1 is 1.03 bits per heavy atom. The number of rotatable bonds is 8. The maximum atomic E-state index is 14.4. The van der Waals surface area contributed by atoms with Crippen molar-refractivity contribution in [2.24, 2.45) is 0 Å². The lowest BCUT2D eigenvalue weighted by Gasteiger charge is -2.23. The molecule has 168 valence electrons. The minimum absolute atomic E-state index is 0.0446. The summed E-state index contributed by atoms with van der Waals surface area (Å²) < 4.78 is 47.0. The van der Waals surface area contributed by atoms with Crippen LogP contribution in [0.3, 0.4) is 0 Å². The Morgan fingerprint density at radius 3 is 2.38 bits per heavy atom. The van der Waals surface area contributed by atoms with Crippen molar-refractivity contribution in [3.8, 4) is 5.75 Å². The normalized spacial score (nSPS) is 11.4. The predicted molar refractivity (Wildman–Crippen MR) is 122 cm³/mol. The van der Waals surface area contributed by atoms with Crippen molar-refractivity contribution >= 4 is 44.8 Å². The summed E-state index contributed by atoms with van der Waals surface area (Å²) in [5, 5.41) is 3.02. The monoisotopic (exact) mass is 496 g/mol. The summed E-state index contributed by atoms with van der Waals surface area (Å²) in [5.41, 5.74) is 0.324. The van der Waals surface area contributed by atoms with Crippen molar-refractivity contribution in [3.63, 3.8) is 0 Å². The van der Waals surface area contributed by atoms with Crippen LogP contribution in [0.2, 0.25) is 10.0 Å². The number of amides is 1. The number of nitrogens with zero attached hydrogens (tertiary/aromatic N) is 1. The van der Waals surface area contributed by atoms with E-state index in [0.717, 1.165) is 4.31 Å². The van der Waals surface area contributed by atoms with Crippen LogP contribution in [0.1, 0.15) is 5.56 Å². The highest BCUT2D eigenvalue weighted by molar-refractivity contribution is 7.89. The number of para-hydroxylation sites is 2. The average Bonchev–Trinajstić information content (AvgIpc) is 2.76. The molecule has 0 aliphatic carbocycles. The number of sulfonamides is 1. The first-order valence-electron chi connectivity index (χ1n) is 9.34. The fraction of sp³-hybridized carbons (Fsp3) is 0.136. The first kappa shape index (κ1) is 24.0. The number of halogens is 3. The maximum Gasteiger partial charge on any atom is 0.243 e. The first-order valence-corrected chi connectivity index (χ1v) is 11.5. The van der Waals surface area contributed by atoms with Gasteiger partial charge in [0.25, 0.3) is 0 Å². The zero-order chi connectivity index (χ0) is 23.3. The van der Waals surface area contributed by atoms with Gasteiger partial charge in [0, 0.05) is 22.2 Å². The highest BCUT2D eigenvalue weighted by Crippen LogP contribution is 2.26. The zero-order valence-electron chi connectivity index (χ0n) is 16.9. The van der Waals surface area contributed by atoms with Crippen molar-refractivity contribution in [1.29, 1.82) is 0 Å². The van der Waals surface area contributed by atoms with Gasteiger partial charge in [-0.25, -0.2) is 12.8 Å². The van der Waals surface area contributed by atoms with E-state index in [1.54, 1.807) is 24.3 Å². The Labute approximate surface area is 195 Å². The number of carbonyl (C=O) groups is 1. The van der Waals surface area contributed by atoms with Crippen LogP contribution in [0.5, 0.6) is 5.75 Å². The number of anilines is 1.